The molecule has 0 saturated heterocycles. The van der Waals surface area contributed by atoms with Crippen LogP contribution in [0.5, 0.6) is 0 Å². The summed E-state index contributed by atoms with van der Waals surface area (Å²) in [6, 6.07) is 14.7. The molecule has 0 saturated carbocycles. The fourth-order valence-corrected chi connectivity index (χ4v) is 4.37. The van der Waals surface area contributed by atoms with Gasteiger partial charge in [-0.3, -0.25) is 19.6 Å². The maximum absolute atomic E-state index is 12.3. The van der Waals surface area contributed by atoms with Crippen molar-refractivity contribution in [2.24, 2.45) is 5.73 Å². The van der Waals surface area contributed by atoms with Crippen LogP contribution in [0.1, 0.15) is 36.7 Å². The molecular formula is C28H26N4O3. The quantitative estimate of drug-likeness (QED) is 0.286. The number of hydrogen-bond donors (Lipinski definition) is 2. The molecule has 35 heavy (non-hydrogen) atoms. The number of carboxylic acid groups (broad SMARTS) is 1. The minimum absolute atomic E-state index is 0.0736. The third-order valence-electron chi connectivity index (χ3n) is 5.81. The SMILES string of the molecule is C=C[C@@H](c1ccccn1)n1cc(-c2cccc(CC(=O)O)c2)c2ncc(C(C(C)=O)=C(C)N)cc21. The molecule has 3 heterocycles. The Labute approximate surface area is 203 Å². The van der Waals surface area contributed by atoms with Crippen LogP contribution in [0.15, 0.2) is 85.5 Å². The van der Waals surface area contributed by atoms with Crippen LogP contribution in [-0.4, -0.2) is 31.4 Å². The van der Waals surface area contributed by atoms with Crippen molar-refractivity contribution in [1.29, 1.82) is 0 Å². The van der Waals surface area contributed by atoms with Crippen LogP contribution in [0.3, 0.4) is 0 Å². The van der Waals surface area contributed by atoms with Gasteiger partial charge in [0.1, 0.15) is 0 Å². The van der Waals surface area contributed by atoms with Gasteiger partial charge in [-0.15, -0.1) is 6.58 Å². The molecule has 0 aliphatic rings. The van der Waals surface area contributed by atoms with Crippen molar-refractivity contribution in [3.05, 3.63) is 102 Å². The molecule has 0 bridgehead atoms. The summed E-state index contributed by atoms with van der Waals surface area (Å²) in [6.07, 6.45) is 7.07. The molecule has 0 aliphatic carbocycles. The first-order chi connectivity index (χ1) is 16.8. The number of hydrogen-bond acceptors (Lipinski definition) is 5. The van der Waals surface area contributed by atoms with Gasteiger partial charge in [-0.1, -0.05) is 36.4 Å². The smallest absolute Gasteiger partial charge is 0.307 e. The van der Waals surface area contributed by atoms with Crippen molar-refractivity contribution in [1.82, 2.24) is 14.5 Å². The first-order valence-corrected chi connectivity index (χ1v) is 11.1. The second-order valence-electron chi connectivity index (χ2n) is 8.36. The Morgan fingerprint density at radius 2 is 1.94 bits per heavy atom. The van der Waals surface area contributed by atoms with Crippen molar-refractivity contribution in [3.63, 3.8) is 0 Å². The van der Waals surface area contributed by atoms with Gasteiger partial charge < -0.3 is 15.4 Å². The van der Waals surface area contributed by atoms with E-state index < -0.39 is 5.97 Å². The second-order valence-corrected chi connectivity index (χ2v) is 8.36. The molecule has 0 spiro atoms. The van der Waals surface area contributed by atoms with E-state index in [1.54, 1.807) is 31.5 Å². The van der Waals surface area contributed by atoms with E-state index in [0.717, 1.165) is 22.3 Å². The number of rotatable bonds is 8. The van der Waals surface area contributed by atoms with Crippen LogP contribution in [0, 0.1) is 0 Å². The van der Waals surface area contributed by atoms with Gasteiger partial charge in [0.05, 0.1) is 29.2 Å². The summed E-state index contributed by atoms with van der Waals surface area (Å²) >= 11 is 0. The van der Waals surface area contributed by atoms with Crippen LogP contribution < -0.4 is 5.73 Å². The molecule has 3 N–H and O–H groups in total. The van der Waals surface area contributed by atoms with Gasteiger partial charge in [0.2, 0.25) is 0 Å². The number of ketones is 1. The van der Waals surface area contributed by atoms with Crippen molar-refractivity contribution < 1.29 is 14.7 Å². The van der Waals surface area contributed by atoms with E-state index in [-0.39, 0.29) is 18.2 Å². The van der Waals surface area contributed by atoms with Crippen LogP contribution in [0.25, 0.3) is 27.7 Å². The molecule has 0 radical (unpaired) electrons. The molecule has 7 nitrogen and oxygen atoms in total. The van der Waals surface area contributed by atoms with Crippen LogP contribution in [0.2, 0.25) is 0 Å². The molecule has 0 aliphatic heterocycles. The maximum Gasteiger partial charge on any atom is 0.307 e. The average Bonchev–Trinajstić information content (AvgIpc) is 3.18. The number of Topliss-reactive ketones (excluding diaryl/α,β-unsaturated/α-hetero) is 1. The number of carbonyl (C=O) groups is 2. The topological polar surface area (TPSA) is 111 Å². The monoisotopic (exact) mass is 466 g/mol. The molecule has 1 aromatic carbocycles. The summed E-state index contributed by atoms with van der Waals surface area (Å²) < 4.78 is 2.02. The number of nitrogens with two attached hydrogens (primary N) is 1. The number of aliphatic carboxylic acids is 1. The predicted octanol–water partition coefficient (Wildman–Crippen LogP) is 4.78. The third-order valence-corrected chi connectivity index (χ3v) is 5.81. The molecule has 1 atom stereocenters. The summed E-state index contributed by atoms with van der Waals surface area (Å²) in [4.78, 5) is 32.8. The molecule has 0 amide bonds. The molecule has 0 fully saturated rings. The highest BCUT2D eigenvalue weighted by molar-refractivity contribution is 6.20. The number of allylic oxidation sites excluding steroid dienone is 3. The van der Waals surface area contributed by atoms with Gasteiger partial charge in [-0.25, -0.2) is 0 Å². The van der Waals surface area contributed by atoms with E-state index >= 15 is 0 Å². The number of carbonyl (C=O) groups excluding carboxylic acids is 1. The Morgan fingerprint density at radius 3 is 2.57 bits per heavy atom. The lowest BCUT2D eigenvalue weighted by Gasteiger charge is -2.16. The van der Waals surface area contributed by atoms with E-state index in [1.165, 1.54) is 6.92 Å². The summed E-state index contributed by atoms with van der Waals surface area (Å²) in [5.41, 5.74) is 12.1. The van der Waals surface area contributed by atoms with Gasteiger partial charge in [-0.2, -0.15) is 0 Å². The van der Waals surface area contributed by atoms with E-state index in [9.17, 15) is 14.7 Å². The molecule has 176 valence electrons. The Hall–Kier alpha value is -4.52. The fourth-order valence-electron chi connectivity index (χ4n) is 4.37. The van der Waals surface area contributed by atoms with Crippen molar-refractivity contribution in [3.8, 4) is 11.1 Å². The highest BCUT2D eigenvalue weighted by atomic mass is 16.4. The van der Waals surface area contributed by atoms with Crippen molar-refractivity contribution in [2.75, 3.05) is 0 Å². The Kier molecular flexibility index (Phi) is 6.59. The number of fused-ring (bicyclic) bond motifs is 1. The standard InChI is InChI=1S/C28H26N4O3/c1-4-24(23-10-5-6-11-30-23)32-16-22(20-9-7-8-19(12-20)13-26(34)35)28-25(32)14-21(15-31-28)27(17(2)29)18(3)33/h4-12,14-16,24H,1,13,29H2,2-3H3,(H,34,35)/t24-/m0/s1. The molecule has 0 unspecified atom stereocenters. The minimum Gasteiger partial charge on any atom is -0.481 e. The first kappa shape index (κ1) is 23.6. The second kappa shape index (κ2) is 9.77. The number of pyridine rings is 2. The Bertz CT molecular complexity index is 1460. The predicted molar refractivity (Wildman–Crippen MR) is 137 cm³/mol. The zero-order valence-corrected chi connectivity index (χ0v) is 19.6. The zero-order chi connectivity index (χ0) is 25.1. The summed E-state index contributed by atoms with van der Waals surface area (Å²) in [5.74, 6) is -1.04. The van der Waals surface area contributed by atoms with E-state index in [4.69, 9.17) is 10.7 Å². The number of aromatic nitrogens is 3. The maximum atomic E-state index is 12.3. The van der Waals surface area contributed by atoms with Gasteiger partial charge in [0.25, 0.3) is 0 Å². The normalized spacial score (nSPS) is 12.7. The van der Waals surface area contributed by atoms with Gasteiger partial charge in [0.15, 0.2) is 5.78 Å². The summed E-state index contributed by atoms with van der Waals surface area (Å²) in [5, 5.41) is 9.23. The summed E-state index contributed by atoms with van der Waals surface area (Å²) in [6.45, 7) is 7.21. The van der Waals surface area contributed by atoms with E-state index in [0.29, 0.717) is 27.9 Å². The fraction of sp³-hybridized carbons (Fsp3) is 0.143. The van der Waals surface area contributed by atoms with Crippen molar-refractivity contribution >= 4 is 28.4 Å². The summed E-state index contributed by atoms with van der Waals surface area (Å²) in [7, 11) is 0. The highest BCUT2D eigenvalue weighted by Gasteiger charge is 2.21. The van der Waals surface area contributed by atoms with Crippen LogP contribution >= 0.6 is 0 Å². The number of nitrogens with zero attached hydrogens (tertiary/aromatic N) is 3. The van der Waals surface area contributed by atoms with Gasteiger partial charge in [-0.05, 0) is 43.2 Å². The van der Waals surface area contributed by atoms with Crippen LogP contribution in [0.4, 0.5) is 0 Å². The molecular weight excluding hydrogens is 440 g/mol. The van der Waals surface area contributed by atoms with Crippen LogP contribution in [-0.2, 0) is 16.0 Å². The largest absolute Gasteiger partial charge is 0.481 e. The lowest BCUT2D eigenvalue weighted by molar-refractivity contribution is -0.136. The Morgan fingerprint density at radius 1 is 1.14 bits per heavy atom. The number of carboxylic acids is 1. The first-order valence-electron chi connectivity index (χ1n) is 11.1. The number of benzene rings is 1. The van der Waals surface area contributed by atoms with E-state index in [1.807, 2.05) is 53.2 Å². The van der Waals surface area contributed by atoms with E-state index in [2.05, 4.69) is 11.6 Å². The van der Waals surface area contributed by atoms with Crippen molar-refractivity contribution in [2.45, 2.75) is 26.3 Å². The minimum atomic E-state index is -0.894. The lowest BCUT2D eigenvalue weighted by atomic mass is 10.0. The lowest BCUT2D eigenvalue weighted by Crippen LogP contribution is -2.09. The zero-order valence-electron chi connectivity index (χ0n) is 19.6. The molecule has 3 aromatic heterocycles. The molecule has 4 aromatic rings. The average molecular weight is 467 g/mol. The highest BCUT2D eigenvalue weighted by Crippen LogP contribution is 2.35. The van der Waals surface area contributed by atoms with Gasteiger partial charge in [0, 0.05) is 41.0 Å². The third kappa shape index (κ3) is 4.75. The Balaban J connectivity index is 1.99. The van der Waals surface area contributed by atoms with Gasteiger partial charge >= 0.3 is 5.97 Å². The molecule has 7 heteroatoms. The molecule has 4 rings (SSSR count).